The minimum atomic E-state index is 0.660. The zero-order chi connectivity index (χ0) is 12.4. The first-order valence-electron chi connectivity index (χ1n) is 5.26. The first-order valence-corrected chi connectivity index (χ1v) is 6.34. The third-order valence-corrected chi connectivity index (χ3v) is 3.69. The summed E-state index contributed by atoms with van der Waals surface area (Å²) in [5, 5.41) is 3.07. The van der Waals surface area contributed by atoms with E-state index in [-0.39, 0.29) is 0 Å². The summed E-state index contributed by atoms with van der Waals surface area (Å²) in [6.45, 7) is 3.98. The van der Waals surface area contributed by atoms with Crippen molar-refractivity contribution in [3.05, 3.63) is 33.2 Å². The molecule has 2 aromatic rings. The minimum Gasteiger partial charge on any atom is -0.372 e. The number of hydrogen-bond donors (Lipinski definition) is 1. The lowest BCUT2D eigenvalue weighted by molar-refractivity contribution is 1.07. The van der Waals surface area contributed by atoms with Crippen molar-refractivity contribution in [1.82, 2.24) is 15.0 Å². The molecule has 0 aliphatic heterocycles. The van der Waals surface area contributed by atoms with Gasteiger partial charge in [0.25, 0.3) is 0 Å². The van der Waals surface area contributed by atoms with Gasteiger partial charge in [0.05, 0.1) is 9.26 Å². The lowest BCUT2D eigenvalue weighted by Crippen LogP contribution is -2.03. The molecule has 0 unspecified atom stereocenters. The van der Waals surface area contributed by atoms with E-state index < -0.39 is 0 Å². The molecule has 0 radical (unpaired) electrons. The van der Waals surface area contributed by atoms with Crippen LogP contribution in [-0.2, 0) is 0 Å². The highest BCUT2D eigenvalue weighted by atomic mass is 127. The maximum Gasteiger partial charge on any atom is 0.180 e. The standard InChI is InChI=1S/C12H13IN4/c1-7-4-5-9(15-6-7)11-16-8(2)10(13)12(14-3)17-11/h4-6H,1-3H3,(H,14,16,17). The highest BCUT2D eigenvalue weighted by Gasteiger charge is 2.10. The molecule has 2 heterocycles. The van der Waals surface area contributed by atoms with Crippen molar-refractivity contribution in [1.29, 1.82) is 0 Å². The monoisotopic (exact) mass is 340 g/mol. The Morgan fingerprint density at radius 3 is 2.53 bits per heavy atom. The Kier molecular flexibility index (Phi) is 3.56. The summed E-state index contributed by atoms with van der Waals surface area (Å²) in [5.74, 6) is 1.50. The van der Waals surface area contributed by atoms with Crippen LogP contribution in [0.4, 0.5) is 5.82 Å². The van der Waals surface area contributed by atoms with E-state index in [4.69, 9.17) is 0 Å². The largest absolute Gasteiger partial charge is 0.372 e. The van der Waals surface area contributed by atoms with Gasteiger partial charge >= 0.3 is 0 Å². The molecule has 2 aromatic heterocycles. The maximum absolute atomic E-state index is 4.46. The van der Waals surface area contributed by atoms with Crippen molar-refractivity contribution in [3.8, 4) is 11.5 Å². The van der Waals surface area contributed by atoms with Crippen molar-refractivity contribution in [2.24, 2.45) is 0 Å². The van der Waals surface area contributed by atoms with E-state index in [1.165, 1.54) is 0 Å². The van der Waals surface area contributed by atoms with Crippen molar-refractivity contribution >= 4 is 28.4 Å². The van der Waals surface area contributed by atoms with E-state index in [2.05, 4.69) is 42.9 Å². The van der Waals surface area contributed by atoms with Gasteiger partial charge in [-0.3, -0.25) is 4.98 Å². The fourth-order valence-electron chi connectivity index (χ4n) is 1.44. The Bertz CT molecular complexity index is 537. The predicted molar refractivity (Wildman–Crippen MR) is 77.0 cm³/mol. The van der Waals surface area contributed by atoms with Crippen LogP contribution in [0.2, 0.25) is 0 Å². The van der Waals surface area contributed by atoms with Crippen LogP contribution >= 0.6 is 22.6 Å². The molecule has 0 saturated heterocycles. The molecule has 0 spiro atoms. The molecular weight excluding hydrogens is 327 g/mol. The molecule has 0 aromatic carbocycles. The second-order valence-corrected chi connectivity index (χ2v) is 4.84. The van der Waals surface area contributed by atoms with E-state index in [0.717, 1.165) is 26.3 Å². The third-order valence-electron chi connectivity index (χ3n) is 2.39. The molecule has 0 bridgehead atoms. The number of halogens is 1. The Labute approximate surface area is 114 Å². The van der Waals surface area contributed by atoms with Crippen LogP contribution in [-0.4, -0.2) is 22.0 Å². The molecule has 5 heteroatoms. The van der Waals surface area contributed by atoms with Crippen LogP contribution in [0.1, 0.15) is 11.3 Å². The van der Waals surface area contributed by atoms with Crippen LogP contribution in [0.25, 0.3) is 11.5 Å². The number of nitrogens with one attached hydrogen (secondary N) is 1. The average molecular weight is 340 g/mol. The Balaban J connectivity index is 2.52. The number of hydrogen-bond acceptors (Lipinski definition) is 4. The first kappa shape index (κ1) is 12.2. The molecule has 0 fully saturated rings. The Morgan fingerprint density at radius 1 is 1.18 bits per heavy atom. The number of pyridine rings is 1. The highest BCUT2D eigenvalue weighted by Crippen LogP contribution is 2.22. The molecule has 0 amide bonds. The van der Waals surface area contributed by atoms with E-state index in [1.54, 1.807) is 0 Å². The molecule has 0 aliphatic rings. The lowest BCUT2D eigenvalue weighted by atomic mass is 10.2. The number of nitrogens with zero attached hydrogens (tertiary/aromatic N) is 3. The lowest BCUT2D eigenvalue weighted by Gasteiger charge is -2.08. The fourth-order valence-corrected chi connectivity index (χ4v) is 1.95. The van der Waals surface area contributed by atoms with Gasteiger partial charge in [0.15, 0.2) is 5.82 Å². The number of aromatic nitrogens is 3. The highest BCUT2D eigenvalue weighted by molar-refractivity contribution is 14.1. The van der Waals surface area contributed by atoms with Gasteiger partial charge in [-0.2, -0.15) is 0 Å². The summed E-state index contributed by atoms with van der Waals surface area (Å²) in [6, 6.07) is 3.95. The van der Waals surface area contributed by atoms with Crippen molar-refractivity contribution in [2.75, 3.05) is 12.4 Å². The van der Waals surface area contributed by atoms with Gasteiger partial charge in [-0.15, -0.1) is 0 Å². The number of rotatable bonds is 2. The quantitative estimate of drug-likeness (QED) is 0.855. The smallest absolute Gasteiger partial charge is 0.180 e. The fraction of sp³-hybridized carbons (Fsp3) is 0.250. The van der Waals surface area contributed by atoms with Gasteiger partial charge in [-0.1, -0.05) is 6.07 Å². The molecule has 88 valence electrons. The van der Waals surface area contributed by atoms with Gasteiger partial charge in [0, 0.05) is 13.2 Å². The average Bonchev–Trinajstić information content (AvgIpc) is 2.33. The molecule has 17 heavy (non-hydrogen) atoms. The first-order chi connectivity index (χ1) is 8.11. The molecular formula is C12H13IN4. The van der Waals surface area contributed by atoms with Crippen LogP contribution in [0.15, 0.2) is 18.3 Å². The molecule has 1 N–H and O–H groups in total. The molecule has 0 aliphatic carbocycles. The van der Waals surface area contributed by atoms with Crippen LogP contribution in [0.5, 0.6) is 0 Å². The third kappa shape index (κ3) is 2.54. The van der Waals surface area contributed by atoms with Gasteiger partial charge in [-0.05, 0) is 48.1 Å². The summed E-state index contributed by atoms with van der Waals surface area (Å²) < 4.78 is 1.04. The normalized spacial score (nSPS) is 10.4. The summed E-state index contributed by atoms with van der Waals surface area (Å²) in [4.78, 5) is 13.3. The van der Waals surface area contributed by atoms with E-state index in [1.807, 2.05) is 39.2 Å². The number of anilines is 1. The zero-order valence-electron chi connectivity index (χ0n) is 9.95. The van der Waals surface area contributed by atoms with Gasteiger partial charge in [0.1, 0.15) is 11.5 Å². The predicted octanol–water partition coefficient (Wildman–Crippen LogP) is 2.80. The SMILES string of the molecule is CNc1nc(-c2ccc(C)cn2)nc(C)c1I. The summed E-state index contributed by atoms with van der Waals surface area (Å²) in [7, 11) is 1.86. The Morgan fingerprint density at radius 2 is 1.94 bits per heavy atom. The Hall–Kier alpha value is -1.24. The second-order valence-electron chi connectivity index (χ2n) is 3.77. The molecule has 0 atom stereocenters. The van der Waals surface area contributed by atoms with Crippen LogP contribution in [0, 0.1) is 17.4 Å². The van der Waals surface area contributed by atoms with Gasteiger partial charge < -0.3 is 5.32 Å². The summed E-state index contributed by atoms with van der Waals surface area (Å²) in [6.07, 6.45) is 1.82. The van der Waals surface area contributed by atoms with E-state index in [0.29, 0.717) is 5.82 Å². The van der Waals surface area contributed by atoms with Crippen LogP contribution < -0.4 is 5.32 Å². The van der Waals surface area contributed by atoms with Crippen LogP contribution in [0.3, 0.4) is 0 Å². The summed E-state index contributed by atoms with van der Waals surface area (Å²) in [5.41, 5.74) is 2.89. The van der Waals surface area contributed by atoms with Gasteiger partial charge in [0.2, 0.25) is 0 Å². The topological polar surface area (TPSA) is 50.7 Å². The maximum atomic E-state index is 4.46. The molecule has 2 rings (SSSR count). The minimum absolute atomic E-state index is 0.660. The van der Waals surface area contributed by atoms with Crippen molar-refractivity contribution < 1.29 is 0 Å². The summed E-state index contributed by atoms with van der Waals surface area (Å²) >= 11 is 2.24. The zero-order valence-corrected chi connectivity index (χ0v) is 12.1. The van der Waals surface area contributed by atoms with Crippen molar-refractivity contribution in [3.63, 3.8) is 0 Å². The van der Waals surface area contributed by atoms with E-state index in [9.17, 15) is 0 Å². The molecule has 4 nitrogen and oxygen atoms in total. The van der Waals surface area contributed by atoms with Gasteiger partial charge in [-0.25, -0.2) is 9.97 Å². The second kappa shape index (κ2) is 4.95. The van der Waals surface area contributed by atoms with Crippen molar-refractivity contribution in [2.45, 2.75) is 13.8 Å². The molecule has 0 saturated carbocycles. The number of aryl methyl sites for hydroxylation is 2. The van der Waals surface area contributed by atoms with E-state index >= 15 is 0 Å².